The van der Waals surface area contributed by atoms with Crippen molar-refractivity contribution < 1.29 is 27.6 Å². The number of hydrogen-bond acceptors (Lipinski definition) is 7. The molecule has 5 atom stereocenters. The van der Waals surface area contributed by atoms with E-state index in [1.807, 2.05) is 0 Å². The van der Waals surface area contributed by atoms with Crippen LogP contribution in [0.15, 0.2) is 34.2 Å². The Hall–Kier alpha value is -3.28. The molecule has 1 aromatic carbocycles. The number of likely N-dealkylation sites (tertiary alicyclic amines) is 1. The van der Waals surface area contributed by atoms with E-state index in [4.69, 9.17) is 10.7 Å². The van der Waals surface area contributed by atoms with Crippen LogP contribution in [0.25, 0.3) is 0 Å². The number of nitrogens with one attached hydrogen (secondary N) is 2. The highest BCUT2D eigenvalue weighted by Crippen LogP contribution is 2.65. The zero-order valence-electron chi connectivity index (χ0n) is 24.8. The van der Waals surface area contributed by atoms with E-state index in [0.29, 0.717) is 18.5 Å². The zero-order valence-corrected chi connectivity index (χ0v) is 25.6. The largest absolute Gasteiger partial charge is 0.363 e. The van der Waals surface area contributed by atoms with Crippen LogP contribution in [0.2, 0.25) is 0 Å². The first-order valence-electron chi connectivity index (χ1n) is 15.5. The molecule has 2 heterocycles. The fourth-order valence-electron chi connectivity index (χ4n) is 7.89. The Bertz CT molecular complexity index is 1480. The number of piperidine rings is 1. The van der Waals surface area contributed by atoms with Crippen LogP contribution in [0.4, 0.5) is 0 Å². The fraction of sp³-hybridized carbons (Fsp3) is 0.645. The number of aliphatic imine (C=N–C) groups is 1. The minimum Gasteiger partial charge on any atom is -0.363 e. The lowest BCUT2D eigenvalue weighted by Gasteiger charge is -2.36. The number of carbonyl (C=O) groups is 4. The number of ketones is 1. The van der Waals surface area contributed by atoms with Crippen LogP contribution >= 0.6 is 0 Å². The summed E-state index contributed by atoms with van der Waals surface area (Å²) in [6.45, 7) is 4.53. The number of rotatable bonds is 9. The monoisotopic (exact) mass is 611 g/mol. The second-order valence-corrected chi connectivity index (χ2v) is 15.3. The molecule has 1 saturated heterocycles. The molecule has 3 unspecified atom stereocenters. The summed E-state index contributed by atoms with van der Waals surface area (Å²) in [5, 5.41) is 2.82. The highest BCUT2D eigenvalue weighted by molar-refractivity contribution is 7.90. The van der Waals surface area contributed by atoms with Gasteiger partial charge in [0.15, 0.2) is 0 Å². The number of benzene rings is 1. The minimum atomic E-state index is -3.79. The number of fused-ring (bicyclic) bond motifs is 2. The molecule has 0 aromatic heterocycles. The summed E-state index contributed by atoms with van der Waals surface area (Å²) < 4.78 is 28.2. The molecule has 0 spiro atoms. The Balaban J connectivity index is 1.31. The molecule has 4 fully saturated rings. The number of amidine groups is 1. The first-order valence-corrected chi connectivity index (χ1v) is 17.0. The van der Waals surface area contributed by atoms with Gasteiger partial charge < -0.3 is 16.0 Å². The van der Waals surface area contributed by atoms with Crippen LogP contribution in [0.1, 0.15) is 77.2 Å². The van der Waals surface area contributed by atoms with Crippen molar-refractivity contribution in [1.29, 1.82) is 0 Å². The highest BCUT2D eigenvalue weighted by Gasteiger charge is 2.69. The Kier molecular flexibility index (Phi) is 7.63. The number of nitrogens with two attached hydrogens (primary N) is 1. The minimum absolute atomic E-state index is 0.0949. The fourth-order valence-corrected chi connectivity index (χ4v) is 9.13. The van der Waals surface area contributed by atoms with Gasteiger partial charge >= 0.3 is 0 Å². The number of carbonyl (C=O) groups excluding carboxylic acids is 4. The number of Topliss-reactive ketones (excluding diaryl/α,β-unsaturated/α-hetero) is 1. The van der Waals surface area contributed by atoms with Gasteiger partial charge in [-0.2, -0.15) is 0 Å². The molecule has 6 rings (SSSR count). The molecule has 12 heteroatoms. The van der Waals surface area contributed by atoms with Crippen LogP contribution in [0.5, 0.6) is 0 Å². The summed E-state index contributed by atoms with van der Waals surface area (Å²) in [4.78, 5) is 59.5. The Morgan fingerprint density at radius 2 is 1.77 bits per heavy atom. The van der Waals surface area contributed by atoms with Crippen LogP contribution in [0.3, 0.4) is 0 Å². The Labute approximate surface area is 252 Å². The molecular weight excluding hydrogens is 570 g/mol. The van der Waals surface area contributed by atoms with Gasteiger partial charge in [-0.15, -0.1) is 0 Å². The number of nitrogens with zero attached hydrogens (tertiary/aromatic N) is 2. The normalized spacial score (nSPS) is 29.5. The molecule has 43 heavy (non-hydrogen) atoms. The molecule has 11 nitrogen and oxygen atoms in total. The first kappa shape index (κ1) is 29.8. The summed E-state index contributed by atoms with van der Waals surface area (Å²) in [5.74, 6) is -2.35. The Morgan fingerprint density at radius 3 is 2.42 bits per heavy atom. The van der Waals surface area contributed by atoms with Crippen molar-refractivity contribution in [3.05, 3.63) is 29.8 Å². The van der Waals surface area contributed by atoms with E-state index in [1.54, 1.807) is 23.1 Å². The van der Waals surface area contributed by atoms with Crippen molar-refractivity contribution in [2.45, 2.75) is 94.7 Å². The second kappa shape index (κ2) is 11.0. The van der Waals surface area contributed by atoms with E-state index in [-0.39, 0.29) is 45.7 Å². The molecule has 5 aliphatic rings. The van der Waals surface area contributed by atoms with E-state index in [9.17, 15) is 27.6 Å². The van der Waals surface area contributed by atoms with Crippen molar-refractivity contribution >= 4 is 39.4 Å². The summed E-state index contributed by atoms with van der Waals surface area (Å²) in [7, 11) is -3.79. The predicted octanol–water partition coefficient (Wildman–Crippen LogP) is 1.89. The highest BCUT2D eigenvalue weighted by atomic mass is 32.2. The summed E-state index contributed by atoms with van der Waals surface area (Å²) >= 11 is 0. The summed E-state index contributed by atoms with van der Waals surface area (Å²) in [6, 6.07) is 3.86. The average molecular weight is 612 g/mol. The van der Waals surface area contributed by atoms with Gasteiger partial charge in [-0.05, 0) is 60.5 Å². The molecule has 4 N–H and O–H groups in total. The molecule has 3 saturated carbocycles. The van der Waals surface area contributed by atoms with Gasteiger partial charge in [-0.1, -0.05) is 64.5 Å². The molecule has 232 valence electrons. The molecular formula is C31H41N5O6S. The Morgan fingerprint density at radius 1 is 1.07 bits per heavy atom. The molecule has 1 aromatic rings. The van der Waals surface area contributed by atoms with Gasteiger partial charge in [0.25, 0.3) is 15.9 Å². The van der Waals surface area contributed by atoms with Crippen molar-refractivity contribution in [2.75, 3.05) is 6.54 Å². The van der Waals surface area contributed by atoms with Crippen LogP contribution < -0.4 is 15.8 Å². The van der Waals surface area contributed by atoms with E-state index in [1.165, 1.54) is 6.07 Å². The van der Waals surface area contributed by atoms with Gasteiger partial charge in [0.2, 0.25) is 17.6 Å². The SMILES string of the molecule is CC1(C)C2C(C(=O)NC(CC3CCC3)C(=O)C(N)=O)N(C(=O)[C@@H](N=C3NS(=O)(=O)c4ccccc43)C3CCCCC3)C[C@@H]21. The van der Waals surface area contributed by atoms with E-state index in [0.717, 1.165) is 51.4 Å². The quantitative estimate of drug-likeness (QED) is 0.360. The molecule has 2 aliphatic heterocycles. The summed E-state index contributed by atoms with van der Waals surface area (Å²) in [6.07, 6.45) is 7.77. The third kappa shape index (κ3) is 5.36. The number of primary amides is 1. The van der Waals surface area contributed by atoms with Gasteiger partial charge in [-0.3, -0.25) is 28.9 Å². The predicted molar refractivity (Wildman–Crippen MR) is 158 cm³/mol. The summed E-state index contributed by atoms with van der Waals surface area (Å²) in [5.41, 5.74) is 5.61. The maximum absolute atomic E-state index is 14.5. The van der Waals surface area contributed by atoms with E-state index in [2.05, 4.69) is 23.9 Å². The molecule has 3 amide bonds. The number of sulfonamides is 1. The van der Waals surface area contributed by atoms with Crippen molar-refractivity contribution in [2.24, 2.45) is 39.8 Å². The topological polar surface area (TPSA) is 168 Å². The standard InChI is InChI=1S/C31H41N5O6S/c1-31(2)20-16-36(25(23(20)31)29(39)33-21(26(37)27(32)38)15-17-9-8-10-17)30(40)24(18-11-4-3-5-12-18)34-28-19-13-6-7-14-22(19)43(41,42)35-28/h6-7,13-14,17-18,20-21,23-25H,3-5,8-12,15-16H2,1-2H3,(H2,32,38)(H,33,39)(H,34,35)/t20-,21?,23?,24-,25?/m0/s1. The lowest BCUT2D eigenvalue weighted by Crippen LogP contribution is -2.57. The van der Waals surface area contributed by atoms with Gasteiger partial charge in [0.05, 0.1) is 10.9 Å². The number of amides is 3. The van der Waals surface area contributed by atoms with Crippen LogP contribution in [0, 0.1) is 29.1 Å². The lowest BCUT2D eigenvalue weighted by atomic mass is 9.80. The smallest absolute Gasteiger partial charge is 0.287 e. The average Bonchev–Trinajstić information content (AvgIpc) is 3.24. The third-order valence-corrected chi connectivity index (χ3v) is 12.1. The van der Waals surface area contributed by atoms with Gasteiger partial charge in [0.1, 0.15) is 17.9 Å². The van der Waals surface area contributed by atoms with Crippen molar-refractivity contribution in [1.82, 2.24) is 14.9 Å². The van der Waals surface area contributed by atoms with Gasteiger partial charge in [0, 0.05) is 12.1 Å². The van der Waals surface area contributed by atoms with Crippen LogP contribution in [-0.2, 0) is 29.2 Å². The van der Waals surface area contributed by atoms with Crippen molar-refractivity contribution in [3.63, 3.8) is 0 Å². The number of hydrogen-bond donors (Lipinski definition) is 3. The maximum Gasteiger partial charge on any atom is 0.287 e. The lowest BCUT2D eigenvalue weighted by molar-refractivity contribution is -0.144. The molecule has 0 radical (unpaired) electrons. The van der Waals surface area contributed by atoms with Gasteiger partial charge in [-0.25, -0.2) is 8.42 Å². The zero-order chi connectivity index (χ0) is 30.7. The van der Waals surface area contributed by atoms with E-state index >= 15 is 0 Å². The third-order valence-electron chi connectivity index (χ3n) is 10.7. The first-order chi connectivity index (χ1) is 20.4. The van der Waals surface area contributed by atoms with E-state index < -0.39 is 45.7 Å². The molecule has 3 aliphatic carbocycles. The second-order valence-electron chi connectivity index (χ2n) is 13.6. The van der Waals surface area contributed by atoms with Crippen LogP contribution in [-0.4, -0.2) is 67.3 Å². The molecule has 0 bridgehead atoms. The van der Waals surface area contributed by atoms with Crippen molar-refractivity contribution in [3.8, 4) is 0 Å². The maximum atomic E-state index is 14.5.